The zero-order valence-corrected chi connectivity index (χ0v) is 21.8. The summed E-state index contributed by atoms with van der Waals surface area (Å²) in [6.07, 6.45) is 4.15. The number of amides is 1. The minimum Gasteiger partial charge on any atom is -0.459 e. The number of hydrogen-bond acceptors (Lipinski definition) is 9. The van der Waals surface area contributed by atoms with Crippen molar-refractivity contribution in [2.45, 2.75) is 65.8 Å². The van der Waals surface area contributed by atoms with Crippen molar-refractivity contribution in [2.75, 3.05) is 25.6 Å². The van der Waals surface area contributed by atoms with E-state index in [0.717, 1.165) is 0 Å². The molecular weight excluding hydrogens is 470 g/mol. The van der Waals surface area contributed by atoms with E-state index < -0.39 is 46.5 Å². The zero-order valence-electron chi connectivity index (χ0n) is 21.8. The number of ether oxygens (including phenoxy) is 2. The summed E-state index contributed by atoms with van der Waals surface area (Å²) in [5.74, 6) is -1.86. The Kier molecular flexibility index (Phi) is 9.51. The Hall–Kier alpha value is -3.54. The first-order chi connectivity index (χ1) is 16.7. The minimum atomic E-state index is -1.23. The summed E-state index contributed by atoms with van der Waals surface area (Å²) in [5.41, 5.74) is -0.771. The summed E-state index contributed by atoms with van der Waals surface area (Å²) in [7, 11) is 1.49. The van der Waals surface area contributed by atoms with E-state index in [1.54, 1.807) is 27.7 Å². The lowest BCUT2D eigenvalue weighted by Crippen LogP contribution is -2.37. The van der Waals surface area contributed by atoms with Crippen LogP contribution in [0.25, 0.3) is 5.57 Å². The average Bonchev–Trinajstić information content (AvgIpc) is 2.75. The number of methoxy groups -OCH3 is 1. The van der Waals surface area contributed by atoms with E-state index >= 15 is 0 Å². The predicted molar refractivity (Wildman–Crippen MR) is 134 cm³/mol. The first kappa shape index (κ1) is 28.7. The summed E-state index contributed by atoms with van der Waals surface area (Å²) in [4.78, 5) is 54.3. The van der Waals surface area contributed by atoms with Crippen LogP contribution >= 0.6 is 0 Å². The van der Waals surface area contributed by atoms with Gasteiger partial charge < -0.3 is 20.1 Å². The molecular formula is C24H35N5O7. The summed E-state index contributed by atoms with van der Waals surface area (Å²) in [6.45, 7) is 10.5. The highest BCUT2D eigenvalue weighted by Gasteiger charge is 2.36. The standard InChI is InChI=1S/C24H35N5O7/c1-14(2)27-21-23(32)28(13-20(30)36-24(4,5)6)19(12-26-21)17-10-16(22(31)25-8-9-35-7)11-18(15(17)3)29(33)34/h10-12,14-15,18H,8-9,13H2,1-7H3,(H,25,31)(H,26,27). The highest BCUT2D eigenvalue weighted by Crippen LogP contribution is 2.33. The first-order valence-corrected chi connectivity index (χ1v) is 11.7. The van der Waals surface area contributed by atoms with Crippen LogP contribution in [0.4, 0.5) is 5.82 Å². The number of nitrogens with one attached hydrogen (secondary N) is 2. The molecule has 0 aliphatic heterocycles. The van der Waals surface area contributed by atoms with E-state index in [0.29, 0.717) is 5.57 Å². The van der Waals surface area contributed by atoms with Gasteiger partial charge in [0.05, 0.1) is 24.4 Å². The Morgan fingerprint density at radius 1 is 1.31 bits per heavy atom. The second kappa shape index (κ2) is 11.9. The number of anilines is 1. The molecule has 0 spiro atoms. The number of hydrogen-bond donors (Lipinski definition) is 2. The normalized spacial score (nSPS) is 17.8. The number of rotatable bonds is 10. The van der Waals surface area contributed by atoms with Crippen LogP contribution in [0.1, 0.15) is 47.2 Å². The lowest BCUT2D eigenvalue weighted by Gasteiger charge is -2.26. The molecule has 12 nitrogen and oxygen atoms in total. The molecule has 1 aromatic heterocycles. The largest absolute Gasteiger partial charge is 0.459 e. The lowest BCUT2D eigenvalue weighted by atomic mass is 9.84. The molecule has 2 unspecified atom stereocenters. The molecule has 0 bridgehead atoms. The van der Waals surface area contributed by atoms with Gasteiger partial charge in [0.2, 0.25) is 6.04 Å². The van der Waals surface area contributed by atoms with Gasteiger partial charge in [-0.3, -0.25) is 29.1 Å². The topological polar surface area (TPSA) is 155 Å². The average molecular weight is 506 g/mol. The molecule has 1 aliphatic carbocycles. The molecule has 12 heteroatoms. The van der Waals surface area contributed by atoms with E-state index in [1.807, 2.05) is 13.8 Å². The van der Waals surface area contributed by atoms with E-state index in [-0.39, 0.29) is 36.3 Å². The van der Waals surface area contributed by atoms with Crippen molar-refractivity contribution in [1.82, 2.24) is 14.9 Å². The molecule has 0 saturated heterocycles. The Balaban J connectivity index is 2.63. The molecule has 36 heavy (non-hydrogen) atoms. The summed E-state index contributed by atoms with van der Waals surface area (Å²) in [6, 6.07) is -1.34. The Morgan fingerprint density at radius 3 is 2.53 bits per heavy atom. The van der Waals surface area contributed by atoms with Crippen LogP contribution in [0.2, 0.25) is 0 Å². The number of esters is 1. The molecule has 0 saturated carbocycles. The predicted octanol–water partition coefficient (Wildman–Crippen LogP) is 1.77. The maximum atomic E-state index is 13.3. The van der Waals surface area contributed by atoms with Gasteiger partial charge in [0, 0.05) is 36.3 Å². The van der Waals surface area contributed by atoms with Crippen molar-refractivity contribution in [3.63, 3.8) is 0 Å². The van der Waals surface area contributed by atoms with Crippen LogP contribution in [0.15, 0.2) is 28.7 Å². The third-order valence-electron chi connectivity index (χ3n) is 5.24. The van der Waals surface area contributed by atoms with Crippen molar-refractivity contribution in [2.24, 2.45) is 5.92 Å². The van der Waals surface area contributed by atoms with Gasteiger partial charge in [-0.1, -0.05) is 6.92 Å². The molecule has 0 aromatic carbocycles. The van der Waals surface area contributed by atoms with Crippen LogP contribution in [0, 0.1) is 16.0 Å². The van der Waals surface area contributed by atoms with Crippen molar-refractivity contribution >= 4 is 23.3 Å². The molecule has 0 radical (unpaired) electrons. The molecule has 0 fully saturated rings. The smallest absolute Gasteiger partial charge is 0.326 e. The molecule has 1 aromatic rings. The minimum absolute atomic E-state index is 0.0280. The molecule has 1 aliphatic rings. The Morgan fingerprint density at radius 2 is 1.97 bits per heavy atom. The first-order valence-electron chi connectivity index (χ1n) is 11.7. The number of nitro groups is 1. The van der Waals surface area contributed by atoms with Crippen molar-refractivity contribution < 1.29 is 24.0 Å². The maximum Gasteiger partial charge on any atom is 0.326 e. The van der Waals surface area contributed by atoms with Gasteiger partial charge in [0.25, 0.3) is 11.5 Å². The third-order valence-corrected chi connectivity index (χ3v) is 5.24. The fourth-order valence-corrected chi connectivity index (χ4v) is 3.67. The molecule has 2 atom stereocenters. The van der Waals surface area contributed by atoms with E-state index in [9.17, 15) is 24.5 Å². The van der Waals surface area contributed by atoms with Gasteiger partial charge in [-0.2, -0.15) is 0 Å². The van der Waals surface area contributed by atoms with Gasteiger partial charge in [-0.15, -0.1) is 0 Å². The molecule has 198 valence electrons. The molecule has 2 N–H and O–H groups in total. The van der Waals surface area contributed by atoms with Gasteiger partial charge in [0.15, 0.2) is 5.82 Å². The molecule has 1 heterocycles. The van der Waals surface area contributed by atoms with Gasteiger partial charge in [-0.25, -0.2) is 4.98 Å². The van der Waals surface area contributed by atoms with Crippen molar-refractivity contribution in [1.29, 1.82) is 0 Å². The second-order valence-electron chi connectivity index (χ2n) is 9.80. The van der Waals surface area contributed by atoms with Crippen molar-refractivity contribution in [3.05, 3.63) is 50.1 Å². The van der Waals surface area contributed by atoms with Gasteiger partial charge in [-0.05, 0) is 46.3 Å². The quantitative estimate of drug-likeness (QED) is 0.209. The van der Waals surface area contributed by atoms with Crippen LogP contribution in [-0.2, 0) is 25.6 Å². The second-order valence-corrected chi connectivity index (χ2v) is 9.80. The van der Waals surface area contributed by atoms with E-state index in [2.05, 4.69) is 15.6 Å². The zero-order chi connectivity index (χ0) is 27.2. The van der Waals surface area contributed by atoms with Gasteiger partial charge in [0.1, 0.15) is 12.1 Å². The molecule has 1 amide bonds. The fourth-order valence-electron chi connectivity index (χ4n) is 3.67. The number of carbonyl (C=O) groups excluding carboxylic acids is 2. The maximum absolute atomic E-state index is 13.3. The SMILES string of the molecule is COCCNC(=O)C1=CC([N+](=O)[O-])C(C)C(c2cnc(NC(C)C)c(=O)n2CC(=O)OC(C)(C)C)=C1. The van der Waals surface area contributed by atoms with E-state index in [4.69, 9.17) is 9.47 Å². The Bertz CT molecular complexity index is 1110. The summed E-state index contributed by atoms with van der Waals surface area (Å²) >= 11 is 0. The number of aromatic nitrogens is 2. The number of nitrogens with zero attached hydrogens (tertiary/aromatic N) is 3. The highest BCUT2D eigenvalue weighted by molar-refractivity contribution is 5.99. The highest BCUT2D eigenvalue weighted by atomic mass is 16.6. The molecule has 2 rings (SSSR count). The third kappa shape index (κ3) is 7.48. The van der Waals surface area contributed by atoms with Gasteiger partial charge >= 0.3 is 5.97 Å². The van der Waals surface area contributed by atoms with Crippen LogP contribution in [0.5, 0.6) is 0 Å². The van der Waals surface area contributed by atoms with Crippen LogP contribution < -0.4 is 16.2 Å². The van der Waals surface area contributed by atoms with Crippen LogP contribution in [-0.4, -0.2) is 64.3 Å². The summed E-state index contributed by atoms with van der Waals surface area (Å²) in [5, 5.41) is 17.4. The van der Waals surface area contributed by atoms with Crippen LogP contribution in [0.3, 0.4) is 0 Å². The van der Waals surface area contributed by atoms with E-state index in [1.165, 1.54) is 30.0 Å². The monoisotopic (exact) mass is 505 g/mol. The summed E-state index contributed by atoms with van der Waals surface area (Å²) < 4.78 is 11.5. The number of carbonyl (C=O) groups is 2. The Labute approximate surface area is 209 Å². The van der Waals surface area contributed by atoms with Crippen molar-refractivity contribution in [3.8, 4) is 0 Å². The fraction of sp³-hybridized carbons (Fsp3) is 0.583. The lowest BCUT2D eigenvalue weighted by molar-refractivity contribution is -0.515.